The monoisotopic (exact) mass is 311 g/mol. The number of fused-ring (bicyclic) bond motifs is 1. The summed E-state index contributed by atoms with van der Waals surface area (Å²) < 4.78 is 45.4. The molecule has 118 valence electrons. The van der Waals surface area contributed by atoms with Gasteiger partial charge in [0, 0.05) is 19.6 Å². The minimum atomic E-state index is -4.44. The highest BCUT2D eigenvalue weighted by Crippen LogP contribution is 2.39. The van der Waals surface area contributed by atoms with Crippen LogP contribution in [0.3, 0.4) is 0 Å². The van der Waals surface area contributed by atoms with Gasteiger partial charge in [-0.05, 0) is 25.2 Å². The lowest BCUT2D eigenvalue weighted by atomic mass is 10.1. The van der Waals surface area contributed by atoms with Crippen molar-refractivity contribution in [1.82, 2.24) is 4.90 Å². The second-order valence-corrected chi connectivity index (χ2v) is 5.70. The first-order valence-electron chi connectivity index (χ1n) is 7.08. The standard InChI is InChI=1S/C15H16F3N3O/c1-20-4-5-22-14-9-21(8-13(14)20)12-6-10(7-19)2-3-11(12)15(16,17)18/h2-3,6,13-14H,4-5,8-9H2,1H3/t13-,14-/m0/s1. The van der Waals surface area contributed by atoms with Crippen LogP contribution in [0.4, 0.5) is 18.9 Å². The summed E-state index contributed by atoms with van der Waals surface area (Å²) in [6.45, 7) is 2.25. The third kappa shape index (κ3) is 2.64. The Morgan fingerprint density at radius 1 is 1.32 bits per heavy atom. The summed E-state index contributed by atoms with van der Waals surface area (Å²) in [4.78, 5) is 3.80. The third-order valence-electron chi connectivity index (χ3n) is 4.35. The van der Waals surface area contributed by atoms with Crippen LogP contribution >= 0.6 is 0 Å². The predicted molar refractivity (Wildman–Crippen MR) is 74.5 cm³/mol. The minimum Gasteiger partial charge on any atom is -0.373 e. The van der Waals surface area contributed by atoms with E-state index in [4.69, 9.17) is 10.00 Å². The van der Waals surface area contributed by atoms with Gasteiger partial charge in [0.15, 0.2) is 0 Å². The first kappa shape index (κ1) is 15.1. The van der Waals surface area contributed by atoms with Gasteiger partial charge in [0.25, 0.3) is 0 Å². The van der Waals surface area contributed by atoms with E-state index in [1.54, 1.807) is 4.90 Å². The van der Waals surface area contributed by atoms with Gasteiger partial charge >= 0.3 is 6.18 Å². The van der Waals surface area contributed by atoms with Crippen LogP contribution in [0.25, 0.3) is 0 Å². The van der Waals surface area contributed by atoms with Crippen LogP contribution in [-0.4, -0.2) is 50.3 Å². The van der Waals surface area contributed by atoms with Crippen molar-refractivity contribution in [1.29, 1.82) is 5.26 Å². The summed E-state index contributed by atoms with van der Waals surface area (Å²) in [5.41, 5.74) is -0.405. The minimum absolute atomic E-state index is 0.0675. The van der Waals surface area contributed by atoms with Crippen molar-refractivity contribution >= 4 is 5.69 Å². The maximum Gasteiger partial charge on any atom is 0.418 e. The number of ether oxygens (including phenoxy) is 1. The van der Waals surface area contributed by atoms with Crippen molar-refractivity contribution in [3.8, 4) is 6.07 Å². The van der Waals surface area contributed by atoms with Crippen LogP contribution in [0.1, 0.15) is 11.1 Å². The zero-order chi connectivity index (χ0) is 15.9. The second kappa shape index (κ2) is 5.45. The lowest BCUT2D eigenvalue weighted by Gasteiger charge is -2.33. The Labute approximate surface area is 126 Å². The summed E-state index contributed by atoms with van der Waals surface area (Å²) in [6, 6.07) is 5.50. The van der Waals surface area contributed by atoms with E-state index in [2.05, 4.69) is 4.90 Å². The fourth-order valence-electron chi connectivity index (χ4n) is 3.16. The molecule has 3 rings (SSSR count). The van der Waals surface area contributed by atoms with E-state index < -0.39 is 11.7 Å². The number of rotatable bonds is 1. The topological polar surface area (TPSA) is 39.5 Å². The Kier molecular flexibility index (Phi) is 3.75. The molecule has 2 aliphatic rings. The molecule has 1 aromatic rings. The molecule has 2 saturated heterocycles. The van der Waals surface area contributed by atoms with Crippen LogP contribution < -0.4 is 4.90 Å². The van der Waals surface area contributed by atoms with E-state index in [0.29, 0.717) is 19.7 Å². The average Bonchev–Trinajstić information content (AvgIpc) is 2.91. The average molecular weight is 311 g/mol. The number of benzene rings is 1. The van der Waals surface area contributed by atoms with Gasteiger partial charge in [-0.1, -0.05) is 0 Å². The van der Waals surface area contributed by atoms with E-state index in [1.807, 2.05) is 13.1 Å². The lowest BCUT2D eigenvalue weighted by molar-refractivity contribution is -0.137. The number of morpholine rings is 1. The SMILES string of the molecule is CN1CCO[C@H]2CN(c3cc(C#N)ccc3C(F)(F)F)C[C@@H]21. The number of alkyl halides is 3. The van der Waals surface area contributed by atoms with Gasteiger partial charge in [0.05, 0.1) is 41.6 Å². The first-order valence-corrected chi connectivity index (χ1v) is 7.08. The van der Waals surface area contributed by atoms with Crippen molar-refractivity contribution in [2.24, 2.45) is 0 Å². The third-order valence-corrected chi connectivity index (χ3v) is 4.35. The molecule has 0 saturated carbocycles. The molecule has 2 heterocycles. The highest BCUT2D eigenvalue weighted by Gasteiger charge is 2.42. The summed E-state index contributed by atoms with van der Waals surface area (Å²) in [6.07, 6.45) is -4.53. The van der Waals surface area contributed by atoms with Gasteiger partial charge in [-0.15, -0.1) is 0 Å². The summed E-state index contributed by atoms with van der Waals surface area (Å²) in [5.74, 6) is 0. The molecule has 0 unspecified atom stereocenters. The van der Waals surface area contributed by atoms with Crippen LogP contribution in [-0.2, 0) is 10.9 Å². The quantitative estimate of drug-likeness (QED) is 0.796. The van der Waals surface area contributed by atoms with E-state index in [0.717, 1.165) is 12.6 Å². The number of likely N-dealkylation sites (N-methyl/N-ethyl adjacent to an activating group) is 1. The smallest absolute Gasteiger partial charge is 0.373 e. The van der Waals surface area contributed by atoms with Crippen molar-refractivity contribution in [3.63, 3.8) is 0 Å². The lowest BCUT2D eigenvalue weighted by Crippen LogP contribution is -2.48. The van der Waals surface area contributed by atoms with E-state index in [-0.39, 0.29) is 23.4 Å². The molecule has 2 aliphatic heterocycles. The summed E-state index contributed by atoms with van der Waals surface area (Å²) >= 11 is 0. The van der Waals surface area contributed by atoms with Crippen molar-refractivity contribution in [2.75, 3.05) is 38.2 Å². The number of anilines is 1. The van der Waals surface area contributed by atoms with Crippen LogP contribution in [0, 0.1) is 11.3 Å². The molecule has 4 nitrogen and oxygen atoms in total. The van der Waals surface area contributed by atoms with Crippen molar-refractivity contribution in [3.05, 3.63) is 29.3 Å². The van der Waals surface area contributed by atoms with Gasteiger partial charge in [-0.25, -0.2) is 0 Å². The van der Waals surface area contributed by atoms with E-state index in [1.165, 1.54) is 12.1 Å². The highest BCUT2D eigenvalue weighted by molar-refractivity contribution is 5.60. The number of hydrogen-bond donors (Lipinski definition) is 0. The Hall–Kier alpha value is -1.78. The molecule has 2 atom stereocenters. The Bertz CT molecular complexity index is 611. The summed E-state index contributed by atoms with van der Waals surface area (Å²) in [7, 11) is 1.96. The first-order chi connectivity index (χ1) is 10.4. The van der Waals surface area contributed by atoms with Crippen LogP contribution in [0.5, 0.6) is 0 Å². The zero-order valence-corrected chi connectivity index (χ0v) is 12.1. The normalized spacial score (nSPS) is 25.9. The Morgan fingerprint density at radius 2 is 2.09 bits per heavy atom. The van der Waals surface area contributed by atoms with E-state index >= 15 is 0 Å². The number of halogens is 3. The maximum absolute atomic E-state index is 13.2. The van der Waals surface area contributed by atoms with Gasteiger partial charge in [0.1, 0.15) is 0 Å². The molecule has 0 amide bonds. The number of hydrogen-bond acceptors (Lipinski definition) is 4. The molecule has 2 fully saturated rings. The van der Waals surface area contributed by atoms with Gasteiger partial charge in [-0.2, -0.15) is 18.4 Å². The van der Waals surface area contributed by atoms with Gasteiger partial charge in [0.2, 0.25) is 0 Å². The largest absolute Gasteiger partial charge is 0.418 e. The molecule has 0 spiro atoms. The molecule has 0 aromatic heterocycles. The Morgan fingerprint density at radius 3 is 2.73 bits per heavy atom. The molecule has 0 radical (unpaired) electrons. The van der Waals surface area contributed by atoms with Crippen LogP contribution in [0.15, 0.2) is 18.2 Å². The molecule has 0 bridgehead atoms. The predicted octanol–water partition coefficient (Wildman–Crippen LogP) is 2.10. The maximum atomic E-state index is 13.2. The molecule has 22 heavy (non-hydrogen) atoms. The zero-order valence-electron chi connectivity index (χ0n) is 12.1. The molecule has 7 heteroatoms. The molecule has 0 aliphatic carbocycles. The number of nitrogens with zero attached hydrogens (tertiary/aromatic N) is 3. The molecule has 1 aromatic carbocycles. The van der Waals surface area contributed by atoms with Gasteiger partial charge in [-0.3, -0.25) is 4.90 Å². The molecule has 0 N–H and O–H groups in total. The van der Waals surface area contributed by atoms with Crippen molar-refractivity contribution in [2.45, 2.75) is 18.3 Å². The fourth-order valence-corrected chi connectivity index (χ4v) is 3.16. The summed E-state index contributed by atoms with van der Waals surface area (Å²) in [5, 5.41) is 8.96. The van der Waals surface area contributed by atoms with Gasteiger partial charge < -0.3 is 9.64 Å². The Balaban J connectivity index is 1.96. The molecular formula is C15H16F3N3O. The van der Waals surface area contributed by atoms with E-state index in [9.17, 15) is 13.2 Å². The van der Waals surface area contributed by atoms with Crippen LogP contribution in [0.2, 0.25) is 0 Å². The molecular weight excluding hydrogens is 295 g/mol. The number of nitriles is 1. The second-order valence-electron chi connectivity index (χ2n) is 5.70. The fraction of sp³-hybridized carbons (Fsp3) is 0.533. The van der Waals surface area contributed by atoms with Crippen molar-refractivity contribution < 1.29 is 17.9 Å². The highest BCUT2D eigenvalue weighted by atomic mass is 19.4.